The van der Waals surface area contributed by atoms with E-state index in [1.807, 2.05) is 36.5 Å². The summed E-state index contributed by atoms with van der Waals surface area (Å²) in [6, 6.07) is 21.7. The van der Waals surface area contributed by atoms with Crippen molar-refractivity contribution in [3.63, 3.8) is 0 Å². The van der Waals surface area contributed by atoms with E-state index in [1.165, 1.54) is 0 Å². The molecule has 0 aliphatic heterocycles. The molecular weight excluding hydrogens is 444 g/mol. The Labute approximate surface area is 181 Å². The molecule has 1 heterocycles. The molecule has 2 amide bonds. The Morgan fingerprint density at radius 3 is 2.40 bits per heavy atom. The van der Waals surface area contributed by atoms with Crippen molar-refractivity contribution in [2.75, 3.05) is 5.32 Å². The number of aromatic amines is 1. The fourth-order valence-corrected chi connectivity index (χ4v) is 3.51. The van der Waals surface area contributed by atoms with Crippen LogP contribution in [0.4, 0.5) is 5.69 Å². The summed E-state index contributed by atoms with van der Waals surface area (Å²) in [7, 11) is 0. The smallest absolute Gasteiger partial charge is 0.273 e. The maximum Gasteiger partial charge on any atom is 0.273 e. The molecule has 1 aromatic heterocycles. The summed E-state index contributed by atoms with van der Waals surface area (Å²) in [5.74, 6) is -0.737. The summed E-state index contributed by atoms with van der Waals surface area (Å²) < 4.78 is 0.674. The topological polar surface area (TPSA) is 86.3 Å². The van der Waals surface area contributed by atoms with Gasteiger partial charge in [0.25, 0.3) is 11.8 Å². The number of amides is 2. The van der Waals surface area contributed by atoms with E-state index in [9.17, 15) is 9.59 Å². The van der Waals surface area contributed by atoms with Crippen molar-refractivity contribution in [1.82, 2.24) is 10.4 Å². The number of hydrogen-bond donors (Lipinski definition) is 3. The Morgan fingerprint density at radius 1 is 0.867 bits per heavy atom. The molecule has 0 aliphatic rings. The number of nitrogens with one attached hydrogen (secondary N) is 3. The zero-order valence-electron chi connectivity index (χ0n) is 15.7. The van der Waals surface area contributed by atoms with Crippen LogP contribution in [0.3, 0.4) is 0 Å². The van der Waals surface area contributed by atoms with Crippen molar-refractivity contribution < 1.29 is 9.59 Å². The number of aromatic nitrogens is 1. The molecule has 0 atom stereocenters. The Hall–Kier alpha value is -3.71. The van der Waals surface area contributed by atoms with Gasteiger partial charge in [0.05, 0.1) is 23.0 Å². The number of nitrogens with zero attached hydrogens (tertiary/aromatic N) is 1. The maximum atomic E-state index is 12.6. The van der Waals surface area contributed by atoms with Gasteiger partial charge in [-0.3, -0.25) is 9.59 Å². The van der Waals surface area contributed by atoms with Gasteiger partial charge >= 0.3 is 0 Å². The number of carbonyl (C=O) groups is 2. The Balaban J connectivity index is 1.49. The lowest BCUT2D eigenvalue weighted by molar-refractivity contribution is 0.0956. The maximum absolute atomic E-state index is 12.6. The molecule has 4 rings (SSSR count). The Kier molecular flexibility index (Phi) is 5.72. The van der Waals surface area contributed by atoms with Crippen molar-refractivity contribution in [2.45, 2.75) is 0 Å². The van der Waals surface area contributed by atoms with E-state index in [4.69, 9.17) is 0 Å². The van der Waals surface area contributed by atoms with Crippen LogP contribution in [0.2, 0.25) is 0 Å². The van der Waals surface area contributed by atoms with Gasteiger partial charge in [0.1, 0.15) is 0 Å². The van der Waals surface area contributed by atoms with Gasteiger partial charge in [-0.05, 0) is 46.3 Å². The summed E-state index contributed by atoms with van der Waals surface area (Å²) in [5, 5.41) is 7.87. The standard InChI is InChI=1S/C23H17BrN4O2/c24-19-10-4-1-8-17(19)22(29)27-21-12-6-3-9-18(21)23(30)28-26-14-15-13-25-20-11-5-2-7-16(15)20/h1-14,25H,(H,27,29)(H,28,30)/b26-14-. The number of halogens is 1. The molecule has 3 aromatic carbocycles. The zero-order valence-corrected chi connectivity index (χ0v) is 17.3. The number of H-pyrrole nitrogens is 1. The number of fused-ring (bicyclic) bond motifs is 1. The predicted molar refractivity (Wildman–Crippen MR) is 122 cm³/mol. The minimum atomic E-state index is -0.422. The first-order chi connectivity index (χ1) is 14.6. The van der Waals surface area contributed by atoms with Crippen molar-refractivity contribution >= 4 is 50.5 Å². The molecule has 4 aromatic rings. The van der Waals surface area contributed by atoms with E-state index >= 15 is 0 Å². The molecule has 0 spiro atoms. The first kappa shape index (κ1) is 19.6. The van der Waals surface area contributed by atoms with Gasteiger partial charge in [-0.25, -0.2) is 5.43 Å². The summed E-state index contributed by atoms with van der Waals surface area (Å²) in [6.07, 6.45) is 3.41. The first-order valence-corrected chi connectivity index (χ1v) is 9.97. The molecule has 0 aliphatic carbocycles. The number of hydrazone groups is 1. The van der Waals surface area contributed by atoms with E-state index in [0.29, 0.717) is 21.3 Å². The highest BCUT2D eigenvalue weighted by Crippen LogP contribution is 2.20. The van der Waals surface area contributed by atoms with Crippen molar-refractivity contribution in [1.29, 1.82) is 0 Å². The fraction of sp³-hybridized carbons (Fsp3) is 0. The van der Waals surface area contributed by atoms with Gasteiger partial charge in [-0.1, -0.05) is 42.5 Å². The molecule has 0 unspecified atom stereocenters. The minimum Gasteiger partial charge on any atom is -0.361 e. The lowest BCUT2D eigenvalue weighted by Gasteiger charge is -2.10. The summed E-state index contributed by atoms with van der Waals surface area (Å²) in [5.41, 5.74) is 5.57. The van der Waals surface area contributed by atoms with Crippen molar-refractivity contribution in [2.24, 2.45) is 5.10 Å². The predicted octanol–water partition coefficient (Wildman–Crippen LogP) is 4.95. The second-order valence-electron chi connectivity index (χ2n) is 6.47. The van der Waals surface area contributed by atoms with E-state index in [-0.39, 0.29) is 5.91 Å². The van der Waals surface area contributed by atoms with Crippen LogP contribution in [0, 0.1) is 0 Å². The van der Waals surface area contributed by atoms with Gasteiger partial charge in [-0.15, -0.1) is 0 Å². The average Bonchev–Trinajstić information content (AvgIpc) is 3.17. The van der Waals surface area contributed by atoms with Crippen LogP contribution in [-0.4, -0.2) is 23.0 Å². The molecule has 0 fully saturated rings. The van der Waals surface area contributed by atoms with Gasteiger partial charge < -0.3 is 10.3 Å². The number of para-hydroxylation sites is 2. The molecule has 3 N–H and O–H groups in total. The summed E-state index contributed by atoms with van der Waals surface area (Å²) >= 11 is 3.37. The Bertz CT molecular complexity index is 1260. The van der Waals surface area contributed by atoms with Gasteiger partial charge in [-0.2, -0.15) is 5.10 Å². The molecule has 30 heavy (non-hydrogen) atoms. The molecule has 0 radical (unpaired) electrons. The SMILES string of the molecule is O=C(Nc1ccccc1C(=O)N/N=C\c1c[nH]c2ccccc12)c1ccccc1Br. The molecule has 148 valence electrons. The van der Waals surface area contributed by atoms with E-state index in [0.717, 1.165) is 16.5 Å². The number of benzene rings is 3. The van der Waals surface area contributed by atoms with Gasteiger partial charge in [0.2, 0.25) is 0 Å². The van der Waals surface area contributed by atoms with Crippen molar-refractivity contribution in [3.05, 3.63) is 100 Å². The third-order valence-corrected chi connectivity index (χ3v) is 5.22. The highest BCUT2D eigenvalue weighted by molar-refractivity contribution is 9.10. The quantitative estimate of drug-likeness (QED) is 0.290. The molecule has 6 nitrogen and oxygen atoms in total. The molecule has 0 saturated carbocycles. The molecular formula is C23H17BrN4O2. The highest BCUT2D eigenvalue weighted by Gasteiger charge is 2.15. The molecule has 0 saturated heterocycles. The monoisotopic (exact) mass is 460 g/mol. The third-order valence-electron chi connectivity index (χ3n) is 4.53. The van der Waals surface area contributed by atoms with Crippen LogP contribution in [-0.2, 0) is 0 Å². The lowest BCUT2D eigenvalue weighted by atomic mass is 10.1. The van der Waals surface area contributed by atoms with Crippen LogP contribution in [0.1, 0.15) is 26.3 Å². The fourth-order valence-electron chi connectivity index (χ4n) is 3.05. The summed E-state index contributed by atoms with van der Waals surface area (Å²) in [4.78, 5) is 28.4. The largest absolute Gasteiger partial charge is 0.361 e. The van der Waals surface area contributed by atoms with Crippen LogP contribution in [0.25, 0.3) is 10.9 Å². The average molecular weight is 461 g/mol. The number of hydrogen-bond acceptors (Lipinski definition) is 3. The van der Waals surface area contributed by atoms with E-state index < -0.39 is 5.91 Å². The number of rotatable bonds is 5. The zero-order chi connectivity index (χ0) is 20.9. The number of carbonyl (C=O) groups excluding carboxylic acids is 2. The third kappa shape index (κ3) is 4.16. The second kappa shape index (κ2) is 8.75. The lowest BCUT2D eigenvalue weighted by Crippen LogP contribution is -2.21. The Morgan fingerprint density at radius 2 is 1.57 bits per heavy atom. The summed E-state index contributed by atoms with van der Waals surface area (Å²) in [6.45, 7) is 0. The van der Waals surface area contributed by atoms with Crippen LogP contribution >= 0.6 is 15.9 Å². The van der Waals surface area contributed by atoms with Crippen LogP contribution < -0.4 is 10.7 Å². The first-order valence-electron chi connectivity index (χ1n) is 9.18. The minimum absolute atomic E-state index is 0.314. The molecule has 0 bridgehead atoms. The molecule has 7 heteroatoms. The van der Waals surface area contributed by atoms with Gasteiger partial charge in [0, 0.05) is 27.1 Å². The van der Waals surface area contributed by atoms with E-state index in [1.54, 1.807) is 48.7 Å². The van der Waals surface area contributed by atoms with Gasteiger partial charge in [0.15, 0.2) is 0 Å². The highest BCUT2D eigenvalue weighted by atomic mass is 79.9. The number of anilines is 1. The second-order valence-corrected chi connectivity index (χ2v) is 7.32. The van der Waals surface area contributed by atoms with Crippen molar-refractivity contribution in [3.8, 4) is 0 Å². The normalized spacial score (nSPS) is 11.0. The van der Waals surface area contributed by atoms with Crippen LogP contribution in [0.15, 0.2) is 88.6 Å². The van der Waals surface area contributed by atoms with Crippen LogP contribution in [0.5, 0.6) is 0 Å². The van der Waals surface area contributed by atoms with E-state index in [2.05, 4.69) is 36.8 Å².